The Bertz CT molecular complexity index is 1120. The molecule has 1 saturated heterocycles. The minimum Gasteiger partial charge on any atom is -0.413 e. The molecule has 2 aromatic carbocycles. The molecule has 0 radical (unpaired) electrons. The molecule has 0 saturated carbocycles. The van der Waals surface area contributed by atoms with Gasteiger partial charge in [-0.05, 0) is 43.2 Å². The van der Waals surface area contributed by atoms with Gasteiger partial charge in [-0.15, -0.1) is 10.2 Å². The quantitative estimate of drug-likeness (QED) is 0.519. The van der Waals surface area contributed by atoms with E-state index in [1.807, 2.05) is 30.3 Å². The zero-order valence-electron chi connectivity index (χ0n) is 14.5. The maximum atomic E-state index is 6.06. The second kappa shape index (κ2) is 6.63. The largest absolute Gasteiger partial charge is 0.413 e. The van der Waals surface area contributed by atoms with Gasteiger partial charge in [0.2, 0.25) is 11.7 Å². The number of anilines is 1. The van der Waals surface area contributed by atoms with Gasteiger partial charge in [-0.3, -0.25) is 0 Å². The van der Waals surface area contributed by atoms with E-state index in [4.69, 9.17) is 21.0 Å². The first-order chi connectivity index (χ1) is 13.3. The average Bonchev–Trinajstić information content (AvgIpc) is 3.39. The van der Waals surface area contributed by atoms with Crippen molar-refractivity contribution in [2.24, 2.45) is 0 Å². The topological polar surface area (TPSA) is 67.9 Å². The van der Waals surface area contributed by atoms with Crippen LogP contribution >= 0.6 is 11.6 Å². The predicted molar refractivity (Wildman–Crippen MR) is 105 cm³/mol. The van der Waals surface area contributed by atoms with Gasteiger partial charge in [-0.25, -0.2) is 9.97 Å². The molecule has 6 nitrogen and oxygen atoms in total. The lowest BCUT2D eigenvalue weighted by Gasteiger charge is -2.18. The molecule has 0 amide bonds. The van der Waals surface area contributed by atoms with Gasteiger partial charge in [0.1, 0.15) is 5.82 Å². The zero-order chi connectivity index (χ0) is 18.2. The molecule has 0 atom stereocenters. The van der Waals surface area contributed by atoms with Crippen LogP contribution in [0, 0.1) is 0 Å². The van der Waals surface area contributed by atoms with E-state index < -0.39 is 0 Å². The highest BCUT2D eigenvalue weighted by atomic mass is 35.5. The van der Waals surface area contributed by atoms with Gasteiger partial charge < -0.3 is 9.32 Å². The molecule has 0 N–H and O–H groups in total. The fourth-order valence-electron chi connectivity index (χ4n) is 3.38. The molecule has 3 heterocycles. The van der Waals surface area contributed by atoms with Crippen LogP contribution in [0.1, 0.15) is 12.8 Å². The summed E-state index contributed by atoms with van der Waals surface area (Å²) in [6.45, 7) is 2.00. The number of benzene rings is 2. The van der Waals surface area contributed by atoms with Crippen molar-refractivity contribution < 1.29 is 4.42 Å². The van der Waals surface area contributed by atoms with Gasteiger partial charge in [0.15, 0.2) is 0 Å². The Morgan fingerprint density at radius 1 is 0.889 bits per heavy atom. The number of fused-ring (bicyclic) bond motifs is 1. The SMILES string of the molecule is Clc1cccc(-c2nnc(-c3nc(N4CCCC4)c4ccccc4n3)o2)c1. The monoisotopic (exact) mass is 377 g/mol. The van der Waals surface area contributed by atoms with Crippen molar-refractivity contribution >= 4 is 28.3 Å². The lowest BCUT2D eigenvalue weighted by atomic mass is 10.2. The summed E-state index contributed by atoms with van der Waals surface area (Å²) < 4.78 is 5.85. The number of halogens is 1. The van der Waals surface area contributed by atoms with Crippen LogP contribution in [0.15, 0.2) is 52.9 Å². The van der Waals surface area contributed by atoms with Crippen LogP contribution in [0.2, 0.25) is 5.02 Å². The molecule has 0 unspecified atom stereocenters. The molecule has 4 aromatic rings. The highest BCUT2D eigenvalue weighted by Crippen LogP contribution is 2.30. The second-order valence-electron chi connectivity index (χ2n) is 6.50. The Kier molecular flexibility index (Phi) is 3.98. The third kappa shape index (κ3) is 3.02. The first kappa shape index (κ1) is 16.2. The Balaban J connectivity index is 1.61. The number of hydrogen-bond acceptors (Lipinski definition) is 6. The second-order valence-corrected chi connectivity index (χ2v) is 6.94. The fourth-order valence-corrected chi connectivity index (χ4v) is 3.57. The summed E-state index contributed by atoms with van der Waals surface area (Å²) in [4.78, 5) is 11.7. The lowest BCUT2D eigenvalue weighted by Crippen LogP contribution is -2.20. The highest BCUT2D eigenvalue weighted by Gasteiger charge is 2.21. The minimum absolute atomic E-state index is 0.302. The summed E-state index contributed by atoms with van der Waals surface area (Å²) in [5.74, 6) is 2.06. The summed E-state index contributed by atoms with van der Waals surface area (Å²) in [5.41, 5.74) is 1.63. The van der Waals surface area contributed by atoms with Crippen LogP contribution in [0.4, 0.5) is 5.82 Å². The van der Waals surface area contributed by atoms with Gasteiger partial charge >= 0.3 is 0 Å². The highest BCUT2D eigenvalue weighted by molar-refractivity contribution is 6.30. The first-order valence-electron chi connectivity index (χ1n) is 8.89. The molecule has 7 heteroatoms. The molecule has 0 aliphatic carbocycles. The number of para-hydroxylation sites is 1. The van der Waals surface area contributed by atoms with Crippen LogP contribution in [0.3, 0.4) is 0 Å². The van der Waals surface area contributed by atoms with Gasteiger partial charge in [0.25, 0.3) is 5.89 Å². The maximum Gasteiger partial charge on any atom is 0.286 e. The van der Waals surface area contributed by atoms with Crippen LogP contribution < -0.4 is 4.90 Å². The number of hydrogen-bond donors (Lipinski definition) is 0. The predicted octanol–water partition coefficient (Wildman–Crippen LogP) is 4.60. The summed E-state index contributed by atoms with van der Waals surface area (Å²) in [6.07, 6.45) is 2.35. The van der Waals surface area contributed by atoms with Crippen LogP contribution in [-0.4, -0.2) is 33.3 Å². The Morgan fingerprint density at radius 2 is 1.70 bits per heavy atom. The molecule has 5 rings (SSSR count). The minimum atomic E-state index is 0.302. The Labute approximate surface area is 160 Å². The standard InChI is InChI=1S/C20H16ClN5O/c21-14-7-5-6-13(12-14)19-24-25-20(27-19)17-22-16-9-2-1-8-15(16)18(23-17)26-10-3-4-11-26/h1-2,5-9,12H,3-4,10-11H2. The molecule has 134 valence electrons. The third-order valence-electron chi connectivity index (χ3n) is 4.68. The molecule has 1 aliphatic rings. The van der Waals surface area contributed by atoms with Crippen molar-refractivity contribution in [2.75, 3.05) is 18.0 Å². The normalized spacial score (nSPS) is 14.2. The summed E-state index contributed by atoms with van der Waals surface area (Å²) in [5, 5.41) is 9.96. The fraction of sp³-hybridized carbons (Fsp3) is 0.200. The summed E-state index contributed by atoms with van der Waals surface area (Å²) in [7, 11) is 0. The van der Waals surface area contributed by atoms with Gasteiger partial charge in [-0.2, -0.15) is 0 Å². The molecule has 1 aliphatic heterocycles. The van der Waals surface area contributed by atoms with E-state index in [9.17, 15) is 0 Å². The number of nitrogens with zero attached hydrogens (tertiary/aromatic N) is 5. The van der Waals surface area contributed by atoms with Crippen molar-refractivity contribution in [3.8, 4) is 23.2 Å². The van der Waals surface area contributed by atoms with Crippen LogP contribution in [0.25, 0.3) is 34.1 Å². The van der Waals surface area contributed by atoms with Crippen molar-refractivity contribution in [3.05, 3.63) is 53.6 Å². The van der Waals surface area contributed by atoms with Crippen molar-refractivity contribution in [3.63, 3.8) is 0 Å². The molecule has 2 aromatic heterocycles. The Hall–Kier alpha value is -2.99. The average molecular weight is 378 g/mol. The smallest absolute Gasteiger partial charge is 0.286 e. The van der Waals surface area contributed by atoms with Crippen LogP contribution in [0.5, 0.6) is 0 Å². The van der Waals surface area contributed by atoms with Gasteiger partial charge in [0, 0.05) is 29.1 Å². The van der Waals surface area contributed by atoms with E-state index in [0.29, 0.717) is 22.6 Å². The molecule has 1 fully saturated rings. The third-order valence-corrected chi connectivity index (χ3v) is 4.91. The van der Waals surface area contributed by atoms with E-state index in [0.717, 1.165) is 35.4 Å². The molecule has 0 bridgehead atoms. The Morgan fingerprint density at radius 3 is 2.56 bits per heavy atom. The molecular formula is C20H16ClN5O. The molecule has 27 heavy (non-hydrogen) atoms. The van der Waals surface area contributed by atoms with Crippen LogP contribution in [-0.2, 0) is 0 Å². The van der Waals surface area contributed by atoms with E-state index in [2.05, 4.69) is 26.1 Å². The molecule has 0 spiro atoms. The molecular weight excluding hydrogens is 362 g/mol. The van der Waals surface area contributed by atoms with E-state index in [-0.39, 0.29) is 0 Å². The van der Waals surface area contributed by atoms with Crippen molar-refractivity contribution in [1.29, 1.82) is 0 Å². The lowest BCUT2D eigenvalue weighted by molar-refractivity contribution is 0.579. The number of rotatable bonds is 3. The number of aromatic nitrogens is 4. The maximum absolute atomic E-state index is 6.06. The van der Waals surface area contributed by atoms with E-state index in [1.165, 1.54) is 12.8 Å². The van der Waals surface area contributed by atoms with Gasteiger partial charge in [-0.1, -0.05) is 29.8 Å². The van der Waals surface area contributed by atoms with Gasteiger partial charge in [0.05, 0.1) is 5.52 Å². The van der Waals surface area contributed by atoms with E-state index >= 15 is 0 Å². The van der Waals surface area contributed by atoms with E-state index in [1.54, 1.807) is 12.1 Å². The first-order valence-corrected chi connectivity index (χ1v) is 9.27. The summed E-state index contributed by atoms with van der Waals surface area (Å²) in [6, 6.07) is 15.3. The van der Waals surface area contributed by atoms with Crippen molar-refractivity contribution in [2.45, 2.75) is 12.8 Å². The van der Waals surface area contributed by atoms with Crippen molar-refractivity contribution in [1.82, 2.24) is 20.2 Å². The zero-order valence-corrected chi connectivity index (χ0v) is 15.2. The summed E-state index contributed by atoms with van der Waals surface area (Å²) >= 11 is 6.06.